The van der Waals surface area contributed by atoms with Gasteiger partial charge in [-0.2, -0.15) is 5.10 Å². The van der Waals surface area contributed by atoms with Gasteiger partial charge in [0.1, 0.15) is 0 Å². The Bertz CT molecular complexity index is 1010. The van der Waals surface area contributed by atoms with Crippen LogP contribution in [-0.4, -0.2) is 26.9 Å². The summed E-state index contributed by atoms with van der Waals surface area (Å²) in [5.41, 5.74) is 5.38. The molecular formula is C22H24N4O2. The quantitative estimate of drug-likeness (QED) is 0.750. The van der Waals surface area contributed by atoms with E-state index in [4.69, 9.17) is 9.62 Å². The molecule has 0 atom stereocenters. The van der Waals surface area contributed by atoms with Crippen LogP contribution in [0, 0.1) is 6.92 Å². The Morgan fingerprint density at radius 2 is 1.93 bits per heavy atom. The summed E-state index contributed by atoms with van der Waals surface area (Å²) in [7, 11) is 0. The molecule has 6 nitrogen and oxygen atoms in total. The van der Waals surface area contributed by atoms with Crippen molar-refractivity contribution in [2.75, 3.05) is 0 Å². The molecule has 0 unspecified atom stereocenters. The number of fused-ring (bicyclic) bond motifs is 3. The summed E-state index contributed by atoms with van der Waals surface area (Å²) in [6.07, 6.45) is 7.28. The summed E-state index contributed by atoms with van der Waals surface area (Å²) in [5.74, 6) is 0.600. The second kappa shape index (κ2) is 6.93. The van der Waals surface area contributed by atoms with E-state index in [-0.39, 0.29) is 11.9 Å². The number of nitrogens with zero attached hydrogens (tertiary/aromatic N) is 3. The first kappa shape index (κ1) is 17.2. The Labute approximate surface area is 163 Å². The van der Waals surface area contributed by atoms with Crippen LogP contribution in [0.15, 0.2) is 34.9 Å². The average Bonchev–Trinajstić information content (AvgIpc) is 3.30. The zero-order valence-electron chi connectivity index (χ0n) is 16.1. The van der Waals surface area contributed by atoms with E-state index >= 15 is 0 Å². The molecule has 3 aromatic rings. The molecule has 1 saturated carbocycles. The number of amides is 1. The predicted molar refractivity (Wildman–Crippen MR) is 106 cm³/mol. The fraction of sp³-hybridized carbons (Fsp3) is 0.409. The second-order valence-electron chi connectivity index (χ2n) is 7.80. The van der Waals surface area contributed by atoms with Gasteiger partial charge in [-0.25, -0.2) is 4.68 Å². The first-order chi connectivity index (χ1) is 13.7. The number of benzene rings is 1. The number of hydrogen-bond donors (Lipinski definition) is 1. The molecule has 0 spiro atoms. The van der Waals surface area contributed by atoms with Crippen molar-refractivity contribution in [1.82, 2.24) is 20.3 Å². The maximum absolute atomic E-state index is 12.8. The molecule has 5 rings (SSSR count). The van der Waals surface area contributed by atoms with E-state index in [0.717, 1.165) is 53.9 Å². The van der Waals surface area contributed by atoms with Gasteiger partial charge in [0.05, 0.1) is 22.6 Å². The van der Waals surface area contributed by atoms with E-state index in [1.807, 2.05) is 41.9 Å². The molecule has 0 bridgehead atoms. The molecule has 0 aliphatic heterocycles. The molecule has 2 aliphatic rings. The van der Waals surface area contributed by atoms with Gasteiger partial charge in [-0.05, 0) is 44.7 Å². The minimum absolute atomic E-state index is 0.103. The summed E-state index contributed by atoms with van der Waals surface area (Å²) in [6, 6.07) is 10.4. The molecule has 6 heteroatoms. The lowest BCUT2D eigenvalue weighted by Crippen LogP contribution is -2.36. The molecule has 1 fully saturated rings. The van der Waals surface area contributed by atoms with Gasteiger partial charge in [0.2, 0.25) is 0 Å². The molecule has 2 heterocycles. The van der Waals surface area contributed by atoms with Crippen molar-refractivity contribution in [3.05, 3.63) is 53.0 Å². The highest BCUT2D eigenvalue weighted by atomic mass is 16.5. The van der Waals surface area contributed by atoms with E-state index < -0.39 is 0 Å². The zero-order chi connectivity index (χ0) is 19.1. The fourth-order valence-corrected chi connectivity index (χ4v) is 4.54. The number of hydrogen-bond acceptors (Lipinski definition) is 4. The number of carbonyl (C=O) groups is 1. The highest BCUT2D eigenvalue weighted by Crippen LogP contribution is 2.38. The minimum atomic E-state index is -0.103. The highest BCUT2D eigenvalue weighted by Gasteiger charge is 2.32. The molecule has 2 aliphatic carbocycles. The molecular weight excluding hydrogens is 352 g/mol. The third-order valence-electron chi connectivity index (χ3n) is 5.94. The molecule has 1 aromatic carbocycles. The Morgan fingerprint density at radius 3 is 2.71 bits per heavy atom. The van der Waals surface area contributed by atoms with E-state index in [1.165, 1.54) is 19.3 Å². The maximum Gasteiger partial charge on any atom is 0.273 e. The molecule has 0 radical (unpaired) electrons. The molecule has 1 N–H and O–H groups in total. The number of para-hydroxylation sites is 1. The largest absolute Gasteiger partial charge is 0.355 e. The Morgan fingerprint density at radius 1 is 1.14 bits per heavy atom. The molecule has 2 aromatic heterocycles. The topological polar surface area (TPSA) is 73.0 Å². The van der Waals surface area contributed by atoms with Gasteiger partial charge >= 0.3 is 0 Å². The summed E-state index contributed by atoms with van der Waals surface area (Å²) in [4.78, 5) is 12.8. The standard InChI is InChI=1S/C22H24N4O2/c1-14-19-18(26(24-14)16-10-6-3-7-11-16)13-12-17-20(25-28-21(17)19)22(27)23-15-8-4-2-5-9-15/h3,6-7,10-11,15H,2,4-5,8-9,12-13H2,1H3,(H,23,27). The van der Waals surface area contributed by atoms with Crippen LogP contribution in [0.5, 0.6) is 0 Å². The maximum atomic E-state index is 12.8. The van der Waals surface area contributed by atoms with Crippen molar-refractivity contribution in [3.8, 4) is 17.0 Å². The zero-order valence-corrected chi connectivity index (χ0v) is 16.1. The predicted octanol–water partition coefficient (Wildman–Crippen LogP) is 4.00. The third kappa shape index (κ3) is 2.84. The van der Waals surface area contributed by atoms with Crippen molar-refractivity contribution >= 4 is 5.91 Å². The van der Waals surface area contributed by atoms with Crippen LogP contribution in [0.4, 0.5) is 0 Å². The van der Waals surface area contributed by atoms with Crippen LogP contribution in [0.25, 0.3) is 17.0 Å². The Balaban J connectivity index is 1.48. The third-order valence-corrected chi connectivity index (χ3v) is 5.94. The Hall–Kier alpha value is -2.89. The lowest BCUT2D eigenvalue weighted by molar-refractivity contribution is 0.0918. The molecule has 0 saturated heterocycles. The lowest BCUT2D eigenvalue weighted by atomic mass is 9.92. The summed E-state index contributed by atoms with van der Waals surface area (Å²) in [5, 5.41) is 12.1. The van der Waals surface area contributed by atoms with Gasteiger partial charge < -0.3 is 9.84 Å². The van der Waals surface area contributed by atoms with Gasteiger partial charge in [-0.1, -0.05) is 42.6 Å². The van der Waals surface area contributed by atoms with E-state index in [0.29, 0.717) is 11.5 Å². The van der Waals surface area contributed by atoms with Crippen molar-refractivity contribution in [2.45, 2.75) is 57.9 Å². The normalized spacial score (nSPS) is 16.5. The van der Waals surface area contributed by atoms with Crippen molar-refractivity contribution in [3.63, 3.8) is 0 Å². The van der Waals surface area contributed by atoms with Crippen molar-refractivity contribution < 1.29 is 9.32 Å². The van der Waals surface area contributed by atoms with Crippen LogP contribution in [0.2, 0.25) is 0 Å². The molecule has 1 amide bonds. The van der Waals surface area contributed by atoms with Gasteiger partial charge in [-0.3, -0.25) is 4.79 Å². The van der Waals surface area contributed by atoms with Gasteiger partial charge in [0, 0.05) is 11.6 Å². The van der Waals surface area contributed by atoms with Crippen LogP contribution in [0.1, 0.15) is 59.5 Å². The van der Waals surface area contributed by atoms with E-state index in [2.05, 4.69) is 10.5 Å². The molecule has 144 valence electrons. The van der Waals surface area contributed by atoms with Crippen LogP contribution in [0.3, 0.4) is 0 Å². The SMILES string of the molecule is Cc1nn(-c2ccccc2)c2c1-c1onc(C(=O)NC3CCCCC3)c1CC2. The summed E-state index contributed by atoms with van der Waals surface area (Å²) >= 11 is 0. The number of rotatable bonds is 3. The van der Waals surface area contributed by atoms with Crippen molar-refractivity contribution in [2.24, 2.45) is 0 Å². The lowest BCUT2D eigenvalue weighted by Gasteiger charge is -2.22. The fourth-order valence-electron chi connectivity index (χ4n) is 4.54. The minimum Gasteiger partial charge on any atom is -0.355 e. The van der Waals surface area contributed by atoms with Gasteiger partial charge in [-0.15, -0.1) is 0 Å². The highest BCUT2D eigenvalue weighted by molar-refractivity contribution is 5.95. The Kier molecular flexibility index (Phi) is 4.26. The monoisotopic (exact) mass is 376 g/mol. The van der Waals surface area contributed by atoms with Crippen LogP contribution < -0.4 is 5.32 Å². The smallest absolute Gasteiger partial charge is 0.273 e. The second-order valence-corrected chi connectivity index (χ2v) is 7.80. The number of aromatic nitrogens is 3. The number of nitrogens with one attached hydrogen (secondary N) is 1. The van der Waals surface area contributed by atoms with Crippen LogP contribution in [-0.2, 0) is 12.8 Å². The van der Waals surface area contributed by atoms with E-state index in [9.17, 15) is 4.79 Å². The van der Waals surface area contributed by atoms with Gasteiger partial charge in [0.15, 0.2) is 11.5 Å². The first-order valence-corrected chi connectivity index (χ1v) is 10.2. The summed E-state index contributed by atoms with van der Waals surface area (Å²) < 4.78 is 7.67. The van der Waals surface area contributed by atoms with Crippen molar-refractivity contribution in [1.29, 1.82) is 0 Å². The number of carbonyl (C=O) groups excluding carboxylic acids is 1. The van der Waals surface area contributed by atoms with Crippen LogP contribution >= 0.6 is 0 Å². The molecule has 28 heavy (non-hydrogen) atoms. The average molecular weight is 376 g/mol. The van der Waals surface area contributed by atoms with E-state index in [1.54, 1.807) is 0 Å². The summed E-state index contributed by atoms with van der Waals surface area (Å²) in [6.45, 7) is 1.98. The van der Waals surface area contributed by atoms with Gasteiger partial charge in [0.25, 0.3) is 5.91 Å². The number of aryl methyl sites for hydroxylation is 1. The first-order valence-electron chi connectivity index (χ1n) is 10.2.